The lowest BCUT2D eigenvalue weighted by molar-refractivity contribution is 0.276. The molecule has 1 aromatic heterocycles. The molecule has 0 aliphatic heterocycles. The molecule has 1 aliphatic rings. The molecule has 1 unspecified atom stereocenters. The van der Waals surface area contributed by atoms with Gasteiger partial charge in [0.2, 0.25) is 0 Å². The summed E-state index contributed by atoms with van der Waals surface area (Å²) in [5.74, 6) is 1.87. The van der Waals surface area contributed by atoms with E-state index < -0.39 is 0 Å². The molecule has 0 bridgehead atoms. The van der Waals surface area contributed by atoms with Crippen molar-refractivity contribution in [3.8, 4) is 0 Å². The quantitative estimate of drug-likeness (QED) is 0.822. The Labute approximate surface area is 97.9 Å². The van der Waals surface area contributed by atoms with E-state index in [1.807, 2.05) is 12.3 Å². The Morgan fingerprint density at radius 3 is 2.81 bits per heavy atom. The van der Waals surface area contributed by atoms with Gasteiger partial charge in [0, 0.05) is 18.8 Å². The molecular weight excluding hydrogens is 198 g/mol. The van der Waals surface area contributed by atoms with Crippen LogP contribution in [0.4, 0.5) is 5.82 Å². The van der Waals surface area contributed by atoms with Crippen LogP contribution in [0.2, 0.25) is 0 Å². The van der Waals surface area contributed by atoms with Crippen molar-refractivity contribution in [3.63, 3.8) is 0 Å². The Bertz CT molecular complexity index is 343. The number of hydrogen-bond donors (Lipinski definition) is 1. The third-order valence-electron chi connectivity index (χ3n) is 3.24. The van der Waals surface area contributed by atoms with E-state index in [0.29, 0.717) is 6.04 Å². The normalized spacial score (nSPS) is 17.5. The van der Waals surface area contributed by atoms with Crippen molar-refractivity contribution < 1.29 is 0 Å². The summed E-state index contributed by atoms with van der Waals surface area (Å²) in [7, 11) is 4.32. The highest BCUT2D eigenvalue weighted by atomic mass is 15.1. The van der Waals surface area contributed by atoms with Crippen molar-refractivity contribution >= 4 is 5.82 Å². The molecule has 0 aromatic carbocycles. The molecule has 0 amide bonds. The average molecular weight is 219 g/mol. The molecular formula is C13H21N3. The summed E-state index contributed by atoms with van der Waals surface area (Å²) in [5, 5.41) is 3.44. The van der Waals surface area contributed by atoms with E-state index in [9.17, 15) is 0 Å². The van der Waals surface area contributed by atoms with E-state index in [-0.39, 0.29) is 0 Å². The van der Waals surface area contributed by atoms with Crippen LogP contribution in [-0.4, -0.2) is 36.6 Å². The summed E-state index contributed by atoms with van der Waals surface area (Å²) in [5.41, 5.74) is 1.25. The molecule has 1 saturated carbocycles. The van der Waals surface area contributed by atoms with Gasteiger partial charge in [-0.2, -0.15) is 0 Å². The average Bonchev–Trinajstić information content (AvgIpc) is 3.02. The van der Waals surface area contributed by atoms with E-state index in [0.717, 1.165) is 18.3 Å². The van der Waals surface area contributed by atoms with Gasteiger partial charge in [0.05, 0.1) is 0 Å². The zero-order chi connectivity index (χ0) is 11.5. The van der Waals surface area contributed by atoms with Crippen LogP contribution in [0.1, 0.15) is 18.4 Å². The molecule has 0 radical (unpaired) electrons. The van der Waals surface area contributed by atoms with Crippen LogP contribution < -0.4 is 5.32 Å². The standard InChI is InChI=1S/C13H21N3/c1-10-6-7-14-13(8-10)15-9-12(16(2)3)11-4-5-11/h6-8,11-12H,4-5,9H2,1-3H3,(H,14,15). The molecule has 1 aliphatic carbocycles. The summed E-state index contributed by atoms with van der Waals surface area (Å²) >= 11 is 0. The second-order valence-electron chi connectivity index (χ2n) is 4.97. The predicted molar refractivity (Wildman–Crippen MR) is 67.7 cm³/mol. The zero-order valence-corrected chi connectivity index (χ0v) is 10.4. The van der Waals surface area contributed by atoms with Crippen molar-refractivity contribution in [2.24, 2.45) is 5.92 Å². The summed E-state index contributed by atoms with van der Waals surface area (Å²) in [4.78, 5) is 6.64. The predicted octanol–water partition coefficient (Wildman–Crippen LogP) is 2.14. The van der Waals surface area contributed by atoms with E-state index >= 15 is 0 Å². The maximum Gasteiger partial charge on any atom is 0.126 e. The lowest BCUT2D eigenvalue weighted by Crippen LogP contribution is -2.36. The summed E-state index contributed by atoms with van der Waals surface area (Å²) in [6, 6.07) is 4.76. The van der Waals surface area contributed by atoms with E-state index in [1.165, 1.54) is 18.4 Å². The van der Waals surface area contributed by atoms with E-state index in [1.54, 1.807) is 0 Å². The van der Waals surface area contributed by atoms with Gasteiger partial charge in [-0.25, -0.2) is 4.98 Å². The Balaban J connectivity index is 1.90. The highest BCUT2D eigenvalue weighted by Crippen LogP contribution is 2.34. The van der Waals surface area contributed by atoms with Crippen LogP contribution in [0, 0.1) is 12.8 Å². The molecule has 2 rings (SSSR count). The lowest BCUT2D eigenvalue weighted by atomic mass is 10.1. The fourth-order valence-electron chi connectivity index (χ4n) is 2.09. The van der Waals surface area contributed by atoms with E-state index in [4.69, 9.17) is 0 Å². The fourth-order valence-corrected chi connectivity index (χ4v) is 2.09. The number of likely N-dealkylation sites (N-methyl/N-ethyl adjacent to an activating group) is 1. The minimum absolute atomic E-state index is 0.641. The van der Waals surface area contributed by atoms with Crippen LogP contribution in [0.15, 0.2) is 18.3 Å². The number of anilines is 1. The Morgan fingerprint density at radius 2 is 2.25 bits per heavy atom. The molecule has 0 saturated heterocycles. The number of aromatic nitrogens is 1. The van der Waals surface area contributed by atoms with Gasteiger partial charge < -0.3 is 10.2 Å². The van der Waals surface area contributed by atoms with Gasteiger partial charge in [-0.3, -0.25) is 0 Å². The second kappa shape index (κ2) is 4.83. The largest absolute Gasteiger partial charge is 0.368 e. The van der Waals surface area contributed by atoms with Crippen molar-refractivity contribution in [3.05, 3.63) is 23.9 Å². The zero-order valence-electron chi connectivity index (χ0n) is 10.4. The molecule has 3 heteroatoms. The van der Waals surface area contributed by atoms with E-state index in [2.05, 4.69) is 42.3 Å². The van der Waals surface area contributed by atoms with Gasteiger partial charge in [-0.1, -0.05) is 0 Å². The van der Waals surface area contributed by atoms with Gasteiger partial charge in [-0.15, -0.1) is 0 Å². The Kier molecular flexibility index (Phi) is 3.44. The fraction of sp³-hybridized carbons (Fsp3) is 0.615. The maximum absolute atomic E-state index is 4.32. The van der Waals surface area contributed by atoms with Crippen LogP contribution in [0.5, 0.6) is 0 Å². The number of hydrogen-bond acceptors (Lipinski definition) is 3. The van der Waals surface area contributed by atoms with Gasteiger partial charge in [0.25, 0.3) is 0 Å². The number of aryl methyl sites for hydroxylation is 1. The number of nitrogens with zero attached hydrogens (tertiary/aromatic N) is 2. The molecule has 1 heterocycles. The first-order chi connectivity index (χ1) is 7.66. The lowest BCUT2D eigenvalue weighted by Gasteiger charge is -2.24. The monoisotopic (exact) mass is 219 g/mol. The second-order valence-corrected chi connectivity index (χ2v) is 4.97. The van der Waals surface area contributed by atoms with Gasteiger partial charge >= 0.3 is 0 Å². The Hall–Kier alpha value is -1.09. The Morgan fingerprint density at radius 1 is 1.50 bits per heavy atom. The minimum atomic E-state index is 0.641. The third kappa shape index (κ3) is 2.95. The highest BCUT2D eigenvalue weighted by molar-refractivity contribution is 5.37. The summed E-state index contributed by atoms with van der Waals surface area (Å²) in [6.45, 7) is 3.09. The van der Waals surface area contributed by atoms with Crippen LogP contribution in [0.3, 0.4) is 0 Å². The van der Waals surface area contributed by atoms with Crippen LogP contribution in [-0.2, 0) is 0 Å². The third-order valence-corrected chi connectivity index (χ3v) is 3.24. The smallest absolute Gasteiger partial charge is 0.126 e. The molecule has 1 fully saturated rings. The first kappa shape index (κ1) is 11.4. The van der Waals surface area contributed by atoms with Crippen LogP contribution >= 0.6 is 0 Å². The van der Waals surface area contributed by atoms with Crippen molar-refractivity contribution in [1.29, 1.82) is 0 Å². The first-order valence-electron chi connectivity index (χ1n) is 6.00. The molecule has 1 aromatic rings. The minimum Gasteiger partial charge on any atom is -0.368 e. The summed E-state index contributed by atoms with van der Waals surface area (Å²) in [6.07, 6.45) is 4.62. The highest BCUT2D eigenvalue weighted by Gasteiger charge is 2.32. The van der Waals surface area contributed by atoms with Crippen molar-refractivity contribution in [2.45, 2.75) is 25.8 Å². The van der Waals surface area contributed by atoms with Gasteiger partial charge in [-0.05, 0) is 57.5 Å². The van der Waals surface area contributed by atoms with Crippen LogP contribution in [0.25, 0.3) is 0 Å². The molecule has 3 nitrogen and oxygen atoms in total. The maximum atomic E-state index is 4.32. The van der Waals surface area contributed by atoms with Gasteiger partial charge in [0.1, 0.15) is 5.82 Å². The SMILES string of the molecule is Cc1ccnc(NCC(C2CC2)N(C)C)c1. The molecule has 88 valence electrons. The molecule has 16 heavy (non-hydrogen) atoms. The molecule has 1 atom stereocenters. The van der Waals surface area contributed by atoms with Gasteiger partial charge in [0.15, 0.2) is 0 Å². The van der Waals surface area contributed by atoms with Crippen molar-refractivity contribution in [2.75, 3.05) is 26.0 Å². The number of pyridine rings is 1. The topological polar surface area (TPSA) is 28.2 Å². The molecule has 1 N–H and O–H groups in total. The number of nitrogens with one attached hydrogen (secondary N) is 1. The molecule has 0 spiro atoms. The number of rotatable bonds is 5. The first-order valence-corrected chi connectivity index (χ1v) is 6.00. The summed E-state index contributed by atoms with van der Waals surface area (Å²) < 4.78 is 0. The van der Waals surface area contributed by atoms with Crippen molar-refractivity contribution in [1.82, 2.24) is 9.88 Å².